The molecule has 0 aromatic heterocycles. The molecule has 0 bridgehead atoms. The fourth-order valence-corrected chi connectivity index (χ4v) is 1.70. The zero-order valence-corrected chi connectivity index (χ0v) is 10.4. The lowest BCUT2D eigenvalue weighted by molar-refractivity contribution is -0.128. The largest absolute Gasteiger partial charge is 0.481 e. The number of hydrogen-bond acceptors (Lipinski definition) is 2. The Morgan fingerprint density at radius 2 is 2.29 bits per heavy atom. The molecule has 1 aliphatic rings. The summed E-state index contributed by atoms with van der Waals surface area (Å²) in [5.41, 5.74) is 1.14. The lowest BCUT2D eigenvalue weighted by atomic mass is 10.2. The summed E-state index contributed by atoms with van der Waals surface area (Å²) in [5.74, 6) is 0.777. The van der Waals surface area contributed by atoms with Crippen molar-refractivity contribution in [1.29, 1.82) is 0 Å². The second-order valence-corrected chi connectivity index (χ2v) is 4.61. The van der Waals surface area contributed by atoms with Gasteiger partial charge in [-0.2, -0.15) is 0 Å². The number of carbonyl (C=O) groups is 1. The summed E-state index contributed by atoms with van der Waals surface area (Å²) >= 11 is 0. The number of nitrogens with one attached hydrogen (secondary N) is 1. The number of ether oxygens (including phenoxy) is 1. The number of benzene rings is 1. The van der Waals surface area contributed by atoms with Gasteiger partial charge in [0.25, 0.3) is 5.91 Å². The molecule has 1 N–H and O–H groups in total. The summed E-state index contributed by atoms with van der Waals surface area (Å²) in [7, 11) is 0. The van der Waals surface area contributed by atoms with E-state index in [1.165, 1.54) is 0 Å². The molecule has 0 aliphatic heterocycles. The monoisotopic (exact) mass is 233 g/mol. The molecule has 2 rings (SSSR count). The normalized spacial score (nSPS) is 16.4. The Morgan fingerprint density at radius 1 is 1.53 bits per heavy atom. The van der Waals surface area contributed by atoms with Crippen LogP contribution in [0.1, 0.15) is 31.7 Å². The van der Waals surface area contributed by atoms with Crippen LogP contribution in [0.2, 0.25) is 0 Å². The predicted octanol–water partition coefficient (Wildman–Crippen LogP) is 2.43. The van der Waals surface area contributed by atoms with Gasteiger partial charge in [0.15, 0.2) is 6.10 Å². The molecule has 0 spiro atoms. The smallest absolute Gasteiger partial charge is 0.261 e. The third kappa shape index (κ3) is 3.48. The maximum absolute atomic E-state index is 11.9. The minimum Gasteiger partial charge on any atom is -0.481 e. The molecule has 1 amide bonds. The van der Waals surface area contributed by atoms with Crippen molar-refractivity contribution < 1.29 is 9.53 Å². The molecule has 1 aromatic carbocycles. The first-order valence-electron chi connectivity index (χ1n) is 6.22. The predicted molar refractivity (Wildman–Crippen MR) is 67.1 cm³/mol. The number of rotatable bonds is 5. The van der Waals surface area contributed by atoms with Gasteiger partial charge in [-0.05, 0) is 43.9 Å². The SMILES string of the molecule is CC[C@H](Oc1cccc(C)c1)C(=O)NC1CC1. The zero-order valence-electron chi connectivity index (χ0n) is 10.4. The minimum absolute atomic E-state index is 0.0107. The Hall–Kier alpha value is -1.51. The zero-order chi connectivity index (χ0) is 12.3. The molecule has 3 nitrogen and oxygen atoms in total. The van der Waals surface area contributed by atoms with Crippen molar-refractivity contribution in [3.63, 3.8) is 0 Å². The Labute approximate surface area is 102 Å². The van der Waals surface area contributed by atoms with Gasteiger partial charge < -0.3 is 10.1 Å². The minimum atomic E-state index is -0.377. The van der Waals surface area contributed by atoms with Gasteiger partial charge in [0, 0.05) is 6.04 Å². The third-order valence-corrected chi connectivity index (χ3v) is 2.85. The van der Waals surface area contributed by atoms with Crippen LogP contribution in [0.3, 0.4) is 0 Å². The van der Waals surface area contributed by atoms with Crippen molar-refractivity contribution in [1.82, 2.24) is 5.32 Å². The summed E-state index contributed by atoms with van der Waals surface area (Å²) < 4.78 is 5.72. The van der Waals surface area contributed by atoms with Crippen LogP contribution in [0.15, 0.2) is 24.3 Å². The lowest BCUT2D eigenvalue weighted by Crippen LogP contribution is -2.39. The number of aryl methyl sites for hydroxylation is 1. The van der Waals surface area contributed by atoms with E-state index in [0.717, 1.165) is 24.2 Å². The molecular weight excluding hydrogens is 214 g/mol. The first kappa shape index (κ1) is 12.0. The van der Waals surface area contributed by atoms with E-state index in [9.17, 15) is 4.79 Å². The van der Waals surface area contributed by atoms with Gasteiger partial charge in [0.05, 0.1) is 0 Å². The first-order chi connectivity index (χ1) is 8.19. The Bertz CT molecular complexity index is 399. The number of hydrogen-bond donors (Lipinski definition) is 1. The average Bonchev–Trinajstić information content (AvgIpc) is 3.09. The summed E-state index contributed by atoms with van der Waals surface area (Å²) in [6.07, 6.45) is 2.52. The maximum atomic E-state index is 11.9. The van der Waals surface area contributed by atoms with E-state index >= 15 is 0 Å². The summed E-state index contributed by atoms with van der Waals surface area (Å²) in [6, 6.07) is 8.18. The summed E-state index contributed by atoms with van der Waals surface area (Å²) in [4.78, 5) is 11.9. The molecule has 0 saturated heterocycles. The molecule has 1 aromatic rings. The molecule has 0 heterocycles. The molecule has 1 saturated carbocycles. The molecule has 1 fully saturated rings. The van der Waals surface area contributed by atoms with E-state index in [1.54, 1.807) is 0 Å². The molecule has 0 radical (unpaired) electrons. The van der Waals surface area contributed by atoms with Crippen molar-refractivity contribution in [3.05, 3.63) is 29.8 Å². The first-order valence-corrected chi connectivity index (χ1v) is 6.22. The van der Waals surface area contributed by atoms with Crippen LogP contribution in [0.5, 0.6) is 5.75 Å². The highest BCUT2D eigenvalue weighted by atomic mass is 16.5. The van der Waals surface area contributed by atoms with Gasteiger partial charge in [-0.3, -0.25) is 4.79 Å². The Kier molecular flexibility index (Phi) is 3.67. The van der Waals surface area contributed by atoms with Crippen LogP contribution in [-0.4, -0.2) is 18.1 Å². The van der Waals surface area contributed by atoms with E-state index in [0.29, 0.717) is 12.5 Å². The second kappa shape index (κ2) is 5.21. The molecule has 3 heteroatoms. The van der Waals surface area contributed by atoms with Crippen molar-refractivity contribution in [2.75, 3.05) is 0 Å². The quantitative estimate of drug-likeness (QED) is 0.848. The average molecular weight is 233 g/mol. The van der Waals surface area contributed by atoms with Gasteiger partial charge >= 0.3 is 0 Å². The molecule has 1 atom stereocenters. The van der Waals surface area contributed by atoms with E-state index in [-0.39, 0.29) is 12.0 Å². The van der Waals surface area contributed by atoms with Crippen LogP contribution in [-0.2, 0) is 4.79 Å². The van der Waals surface area contributed by atoms with E-state index in [1.807, 2.05) is 38.1 Å². The van der Waals surface area contributed by atoms with Crippen LogP contribution in [0, 0.1) is 6.92 Å². The maximum Gasteiger partial charge on any atom is 0.261 e. The van der Waals surface area contributed by atoms with Gasteiger partial charge in [-0.15, -0.1) is 0 Å². The Morgan fingerprint density at radius 3 is 2.88 bits per heavy atom. The molecule has 0 unspecified atom stereocenters. The van der Waals surface area contributed by atoms with Crippen molar-refractivity contribution in [2.45, 2.75) is 45.3 Å². The van der Waals surface area contributed by atoms with Gasteiger partial charge in [-0.25, -0.2) is 0 Å². The molecule has 17 heavy (non-hydrogen) atoms. The molecule has 92 valence electrons. The van der Waals surface area contributed by atoms with Crippen LogP contribution in [0.25, 0.3) is 0 Å². The second-order valence-electron chi connectivity index (χ2n) is 4.61. The third-order valence-electron chi connectivity index (χ3n) is 2.85. The highest BCUT2D eigenvalue weighted by Gasteiger charge is 2.27. The lowest BCUT2D eigenvalue weighted by Gasteiger charge is -2.17. The summed E-state index contributed by atoms with van der Waals surface area (Å²) in [6.45, 7) is 3.98. The summed E-state index contributed by atoms with van der Waals surface area (Å²) in [5, 5.41) is 2.98. The van der Waals surface area contributed by atoms with Gasteiger partial charge in [0.2, 0.25) is 0 Å². The molecule has 1 aliphatic carbocycles. The highest BCUT2D eigenvalue weighted by molar-refractivity contribution is 5.81. The topological polar surface area (TPSA) is 38.3 Å². The van der Waals surface area contributed by atoms with E-state index in [4.69, 9.17) is 4.74 Å². The van der Waals surface area contributed by atoms with Crippen LogP contribution < -0.4 is 10.1 Å². The van der Waals surface area contributed by atoms with Crippen molar-refractivity contribution in [3.8, 4) is 5.75 Å². The standard InChI is InChI=1S/C14H19NO2/c1-3-13(14(16)15-11-7-8-11)17-12-6-4-5-10(2)9-12/h4-6,9,11,13H,3,7-8H2,1-2H3,(H,15,16)/t13-/m0/s1. The Balaban J connectivity index is 1.95. The van der Waals surface area contributed by atoms with Crippen molar-refractivity contribution >= 4 is 5.91 Å². The highest BCUT2D eigenvalue weighted by Crippen LogP contribution is 2.20. The molecular formula is C14H19NO2. The van der Waals surface area contributed by atoms with Crippen LogP contribution >= 0.6 is 0 Å². The van der Waals surface area contributed by atoms with E-state index in [2.05, 4.69) is 5.32 Å². The number of amides is 1. The van der Waals surface area contributed by atoms with Crippen molar-refractivity contribution in [2.24, 2.45) is 0 Å². The fraction of sp³-hybridized carbons (Fsp3) is 0.500. The van der Waals surface area contributed by atoms with Gasteiger partial charge in [0.1, 0.15) is 5.75 Å². The van der Waals surface area contributed by atoms with Gasteiger partial charge in [-0.1, -0.05) is 19.1 Å². The number of carbonyl (C=O) groups excluding carboxylic acids is 1. The fourth-order valence-electron chi connectivity index (χ4n) is 1.70. The van der Waals surface area contributed by atoms with E-state index < -0.39 is 0 Å². The van der Waals surface area contributed by atoms with Crippen LogP contribution in [0.4, 0.5) is 0 Å².